The number of hydrogen-bond acceptors (Lipinski definition) is 3. The van der Waals surface area contributed by atoms with Gasteiger partial charge >= 0.3 is 13.1 Å². The maximum Gasteiger partial charge on any atom is 0.491 e. The molecule has 0 bridgehead atoms. The first kappa shape index (κ1) is 11.1. The molecule has 0 aliphatic heterocycles. The van der Waals surface area contributed by atoms with Gasteiger partial charge in [-0.1, -0.05) is 12.1 Å². The summed E-state index contributed by atoms with van der Waals surface area (Å²) in [5.74, 6) is -1.76. The molecule has 0 aromatic heterocycles. The van der Waals surface area contributed by atoms with E-state index in [4.69, 9.17) is 15.2 Å². The molecule has 16 heavy (non-hydrogen) atoms. The fourth-order valence-electron chi connectivity index (χ4n) is 1.79. The lowest BCUT2D eigenvalue weighted by Crippen LogP contribution is -2.33. The number of benzene rings is 1. The maximum absolute atomic E-state index is 13.4. The molecule has 1 aromatic carbocycles. The first-order chi connectivity index (χ1) is 7.47. The maximum atomic E-state index is 13.4. The van der Waals surface area contributed by atoms with Crippen LogP contribution in [0.5, 0.6) is 0 Å². The largest absolute Gasteiger partial charge is 0.491 e. The molecule has 0 atom stereocenters. The van der Waals surface area contributed by atoms with Crippen molar-refractivity contribution in [3.05, 3.63) is 29.6 Å². The monoisotopic (exact) mass is 224 g/mol. The Labute approximate surface area is 91.5 Å². The van der Waals surface area contributed by atoms with Gasteiger partial charge in [0.2, 0.25) is 0 Å². The zero-order chi connectivity index (χ0) is 11.9. The van der Waals surface area contributed by atoms with E-state index in [1.807, 2.05) is 0 Å². The van der Waals surface area contributed by atoms with Crippen LogP contribution in [0.15, 0.2) is 18.2 Å². The van der Waals surface area contributed by atoms with Gasteiger partial charge in [0.05, 0.1) is 5.41 Å². The molecule has 0 spiro atoms. The molecule has 1 aliphatic rings. The molecule has 1 saturated carbocycles. The lowest BCUT2D eigenvalue weighted by atomic mass is 9.78. The summed E-state index contributed by atoms with van der Waals surface area (Å²) < 4.78 is 13.4. The predicted molar refractivity (Wildman–Crippen MR) is 54.8 cm³/mol. The van der Waals surface area contributed by atoms with Crippen molar-refractivity contribution in [1.82, 2.24) is 0 Å². The second-order valence-corrected chi connectivity index (χ2v) is 4.00. The van der Waals surface area contributed by atoms with E-state index >= 15 is 0 Å². The molecule has 2 rings (SSSR count). The SMILES string of the molecule is O=C(O)C1(c2ccc(B(O)O)c(F)c2)CC1. The molecule has 0 saturated heterocycles. The Morgan fingerprint density at radius 3 is 2.38 bits per heavy atom. The van der Waals surface area contributed by atoms with E-state index in [1.165, 1.54) is 12.1 Å². The van der Waals surface area contributed by atoms with Crippen molar-refractivity contribution in [2.24, 2.45) is 0 Å². The normalized spacial score (nSPS) is 16.9. The van der Waals surface area contributed by atoms with Crippen molar-refractivity contribution >= 4 is 18.6 Å². The molecule has 4 nitrogen and oxygen atoms in total. The van der Waals surface area contributed by atoms with Crippen LogP contribution >= 0.6 is 0 Å². The van der Waals surface area contributed by atoms with E-state index in [0.717, 1.165) is 6.07 Å². The average Bonchev–Trinajstić information content (AvgIpc) is 2.97. The Morgan fingerprint density at radius 1 is 1.38 bits per heavy atom. The van der Waals surface area contributed by atoms with Gasteiger partial charge in [-0.25, -0.2) is 4.39 Å². The number of aliphatic carboxylic acids is 1. The first-order valence-corrected chi connectivity index (χ1v) is 4.87. The fourth-order valence-corrected chi connectivity index (χ4v) is 1.79. The van der Waals surface area contributed by atoms with E-state index in [-0.39, 0.29) is 5.46 Å². The summed E-state index contributed by atoms with van der Waals surface area (Å²) in [7, 11) is -1.88. The molecule has 3 N–H and O–H groups in total. The van der Waals surface area contributed by atoms with E-state index in [2.05, 4.69) is 0 Å². The predicted octanol–water partition coefficient (Wildman–Crippen LogP) is -0.378. The quantitative estimate of drug-likeness (QED) is 0.611. The van der Waals surface area contributed by atoms with Crippen molar-refractivity contribution in [1.29, 1.82) is 0 Å². The van der Waals surface area contributed by atoms with E-state index < -0.39 is 24.3 Å². The number of hydrogen-bond donors (Lipinski definition) is 3. The third-order valence-corrected chi connectivity index (χ3v) is 2.99. The third-order valence-electron chi connectivity index (χ3n) is 2.99. The van der Waals surface area contributed by atoms with Crippen LogP contribution in [0.25, 0.3) is 0 Å². The Kier molecular flexibility index (Phi) is 2.48. The number of carboxylic acid groups (broad SMARTS) is 1. The minimum atomic E-state index is -1.88. The minimum Gasteiger partial charge on any atom is -0.481 e. The van der Waals surface area contributed by atoms with Crippen LogP contribution in [-0.4, -0.2) is 28.2 Å². The van der Waals surface area contributed by atoms with Crippen molar-refractivity contribution in [3.8, 4) is 0 Å². The molecule has 0 heterocycles. The summed E-state index contributed by atoms with van der Waals surface area (Å²) in [6, 6.07) is 3.70. The lowest BCUT2D eigenvalue weighted by molar-refractivity contribution is -0.140. The summed E-state index contributed by atoms with van der Waals surface area (Å²) in [6.07, 6.45) is 0.978. The van der Waals surface area contributed by atoms with Crippen molar-refractivity contribution < 1.29 is 24.3 Å². The second kappa shape index (κ2) is 3.57. The summed E-state index contributed by atoms with van der Waals surface area (Å²) in [4.78, 5) is 11.0. The van der Waals surface area contributed by atoms with E-state index in [1.54, 1.807) is 0 Å². The molecule has 0 amide bonds. The van der Waals surface area contributed by atoms with Gasteiger partial charge in [-0.05, 0) is 24.5 Å². The molecule has 1 aliphatic carbocycles. The van der Waals surface area contributed by atoms with Gasteiger partial charge in [0.1, 0.15) is 5.82 Å². The molecular weight excluding hydrogens is 214 g/mol. The Hall–Kier alpha value is -1.40. The van der Waals surface area contributed by atoms with Gasteiger partial charge in [0.15, 0.2) is 0 Å². The van der Waals surface area contributed by atoms with Crippen LogP contribution in [0.4, 0.5) is 4.39 Å². The highest BCUT2D eigenvalue weighted by molar-refractivity contribution is 6.58. The van der Waals surface area contributed by atoms with Crippen LogP contribution in [0.1, 0.15) is 18.4 Å². The van der Waals surface area contributed by atoms with Gasteiger partial charge in [0.25, 0.3) is 0 Å². The van der Waals surface area contributed by atoms with Crippen molar-refractivity contribution in [2.45, 2.75) is 18.3 Å². The molecule has 0 radical (unpaired) electrons. The van der Waals surface area contributed by atoms with Gasteiger partial charge in [-0.3, -0.25) is 4.79 Å². The van der Waals surface area contributed by atoms with Gasteiger partial charge in [-0.2, -0.15) is 0 Å². The Balaban J connectivity index is 2.39. The second-order valence-electron chi connectivity index (χ2n) is 4.00. The van der Waals surface area contributed by atoms with Crippen molar-refractivity contribution in [3.63, 3.8) is 0 Å². The summed E-state index contributed by atoms with van der Waals surface area (Å²) >= 11 is 0. The Morgan fingerprint density at radius 2 is 2.00 bits per heavy atom. The first-order valence-electron chi connectivity index (χ1n) is 4.87. The third kappa shape index (κ3) is 1.60. The minimum absolute atomic E-state index is 0.245. The molecule has 0 unspecified atom stereocenters. The average molecular weight is 224 g/mol. The highest BCUT2D eigenvalue weighted by atomic mass is 19.1. The van der Waals surface area contributed by atoms with Crippen molar-refractivity contribution in [2.75, 3.05) is 0 Å². The van der Waals surface area contributed by atoms with E-state index in [0.29, 0.717) is 18.4 Å². The topological polar surface area (TPSA) is 77.8 Å². The zero-order valence-electron chi connectivity index (χ0n) is 8.35. The molecular formula is C10H10BFO4. The van der Waals surface area contributed by atoms with Crippen LogP contribution in [-0.2, 0) is 10.2 Å². The van der Waals surface area contributed by atoms with E-state index in [9.17, 15) is 9.18 Å². The number of carboxylic acids is 1. The molecule has 1 aromatic rings. The lowest BCUT2D eigenvalue weighted by Gasteiger charge is -2.11. The van der Waals surface area contributed by atoms with Crippen LogP contribution in [0, 0.1) is 5.82 Å². The van der Waals surface area contributed by atoms with Gasteiger partial charge in [-0.15, -0.1) is 0 Å². The highest BCUT2D eigenvalue weighted by Crippen LogP contribution is 2.48. The standard InChI is InChI=1S/C10H10BFO4/c12-8-5-6(1-2-7(8)11(15)16)10(3-4-10)9(13)14/h1-2,5,15-16H,3-4H2,(H,13,14). The highest BCUT2D eigenvalue weighted by Gasteiger charge is 2.52. The number of halogens is 1. The molecule has 6 heteroatoms. The number of carbonyl (C=O) groups is 1. The Bertz CT molecular complexity index is 442. The van der Waals surface area contributed by atoms with Gasteiger partial charge < -0.3 is 15.2 Å². The van der Waals surface area contributed by atoms with Crippen LogP contribution in [0.3, 0.4) is 0 Å². The molecule has 1 fully saturated rings. The fraction of sp³-hybridized carbons (Fsp3) is 0.300. The van der Waals surface area contributed by atoms with Gasteiger partial charge in [0, 0.05) is 5.46 Å². The number of rotatable bonds is 3. The zero-order valence-corrected chi connectivity index (χ0v) is 8.35. The summed E-state index contributed by atoms with van der Waals surface area (Å²) in [5, 5.41) is 26.6. The smallest absolute Gasteiger partial charge is 0.481 e. The van der Waals surface area contributed by atoms with Crippen LogP contribution < -0.4 is 5.46 Å². The summed E-state index contributed by atoms with van der Waals surface area (Å²) in [6.45, 7) is 0. The van der Waals surface area contributed by atoms with Crippen LogP contribution in [0.2, 0.25) is 0 Å². The molecule has 84 valence electrons. The summed E-state index contributed by atoms with van der Waals surface area (Å²) in [5.41, 5.74) is -0.841.